The highest BCUT2D eigenvalue weighted by Gasteiger charge is 2.43. The summed E-state index contributed by atoms with van der Waals surface area (Å²) in [4.78, 5) is 26.3. The average molecular weight is 280 g/mol. The molecule has 20 heavy (non-hydrogen) atoms. The minimum absolute atomic E-state index is 0.220. The van der Waals surface area contributed by atoms with Crippen molar-refractivity contribution in [2.24, 2.45) is 5.41 Å². The lowest BCUT2D eigenvalue weighted by atomic mass is 9.81. The fourth-order valence-electron chi connectivity index (χ4n) is 2.69. The van der Waals surface area contributed by atoms with E-state index in [1.807, 2.05) is 13.8 Å². The number of ether oxygens (including phenoxy) is 1. The van der Waals surface area contributed by atoms with Crippen molar-refractivity contribution in [3.05, 3.63) is 0 Å². The Hall–Kier alpha value is -1.57. The lowest BCUT2D eigenvalue weighted by Gasteiger charge is -2.38. The first-order chi connectivity index (χ1) is 9.56. The standard InChI is InChI=1S/C15H24N2O3/c1-4-15(5-2,11-16)14(19)17-10-8-7-9-12(17)13(18)20-6-3/h12H,4-10H2,1-3H3. The van der Waals surface area contributed by atoms with Crippen LogP contribution in [0.15, 0.2) is 0 Å². The summed E-state index contributed by atoms with van der Waals surface area (Å²) in [5, 5.41) is 9.39. The molecule has 0 bridgehead atoms. The number of amides is 1. The SMILES string of the molecule is CCOC(=O)C1CCCCN1C(=O)C(C#N)(CC)CC. The summed E-state index contributed by atoms with van der Waals surface area (Å²) in [6.45, 7) is 6.28. The second-order valence-corrected chi connectivity index (χ2v) is 5.16. The summed E-state index contributed by atoms with van der Waals surface area (Å²) < 4.78 is 5.06. The summed E-state index contributed by atoms with van der Waals surface area (Å²) >= 11 is 0. The van der Waals surface area contributed by atoms with E-state index in [0.29, 0.717) is 32.4 Å². The lowest BCUT2D eigenvalue weighted by Crippen LogP contribution is -2.53. The van der Waals surface area contributed by atoms with Crippen LogP contribution >= 0.6 is 0 Å². The van der Waals surface area contributed by atoms with Crippen LogP contribution in [0.1, 0.15) is 52.9 Å². The van der Waals surface area contributed by atoms with Gasteiger partial charge in [-0.2, -0.15) is 5.26 Å². The summed E-state index contributed by atoms with van der Waals surface area (Å²) in [7, 11) is 0. The van der Waals surface area contributed by atoms with Gasteiger partial charge in [0.1, 0.15) is 11.5 Å². The molecule has 112 valence electrons. The lowest BCUT2D eigenvalue weighted by molar-refractivity contribution is -0.159. The third-order valence-electron chi connectivity index (χ3n) is 4.15. The van der Waals surface area contributed by atoms with Gasteiger partial charge in [0.15, 0.2) is 0 Å². The Kier molecular flexibility index (Phi) is 6.00. The number of piperidine rings is 1. The number of nitrogens with zero attached hydrogens (tertiary/aromatic N) is 2. The molecule has 0 saturated carbocycles. The van der Waals surface area contributed by atoms with Gasteiger partial charge in [-0.05, 0) is 39.0 Å². The molecule has 1 rings (SSSR count). The Morgan fingerprint density at radius 2 is 1.95 bits per heavy atom. The Labute approximate surface area is 120 Å². The van der Waals surface area contributed by atoms with Crippen LogP contribution in [0.4, 0.5) is 0 Å². The summed E-state index contributed by atoms with van der Waals surface area (Å²) in [6, 6.07) is 1.63. The molecule has 0 aromatic carbocycles. The minimum Gasteiger partial charge on any atom is -0.464 e. The van der Waals surface area contributed by atoms with E-state index in [1.165, 1.54) is 0 Å². The van der Waals surface area contributed by atoms with E-state index in [1.54, 1.807) is 11.8 Å². The number of carbonyl (C=O) groups is 2. The van der Waals surface area contributed by atoms with Crippen molar-refractivity contribution < 1.29 is 14.3 Å². The molecule has 1 saturated heterocycles. The first kappa shape index (κ1) is 16.5. The minimum atomic E-state index is -1.01. The van der Waals surface area contributed by atoms with Gasteiger partial charge in [-0.25, -0.2) is 4.79 Å². The third-order valence-corrected chi connectivity index (χ3v) is 4.15. The number of likely N-dealkylation sites (tertiary alicyclic amines) is 1. The Balaban J connectivity index is 2.98. The van der Waals surface area contributed by atoms with Crippen LogP contribution in [0.3, 0.4) is 0 Å². The Bertz CT molecular complexity index is 396. The molecule has 0 radical (unpaired) electrons. The monoisotopic (exact) mass is 280 g/mol. The topological polar surface area (TPSA) is 70.4 Å². The zero-order valence-corrected chi connectivity index (χ0v) is 12.6. The van der Waals surface area contributed by atoms with Crippen molar-refractivity contribution in [3.63, 3.8) is 0 Å². The summed E-state index contributed by atoms with van der Waals surface area (Å²) in [5.74, 6) is -0.567. The Morgan fingerprint density at radius 3 is 2.45 bits per heavy atom. The average Bonchev–Trinajstić information content (AvgIpc) is 2.49. The molecule has 1 heterocycles. The number of hydrogen-bond donors (Lipinski definition) is 0. The number of esters is 1. The second kappa shape index (κ2) is 7.28. The van der Waals surface area contributed by atoms with Crippen LogP contribution in [0.2, 0.25) is 0 Å². The predicted molar refractivity (Wildman–Crippen MR) is 74.6 cm³/mol. The van der Waals surface area contributed by atoms with Crippen molar-refractivity contribution in [2.75, 3.05) is 13.2 Å². The molecule has 0 spiro atoms. The van der Waals surface area contributed by atoms with Crippen LogP contribution in [-0.4, -0.2) is 36.0 Å². The van der Waals surface area contributed by atoms with Gasteiger partial charge in [-0.1, -0.05) is 13.8 Å². The number of hydrogen-bond acceptors (Lipinski definition) is 4. The molecular weight excluding hydrogens is 256 g/mol. The molecule has 1 atom stereocenters. The first-order valence-corrected chi connectivity index (χ1v) is 7.45. The van der Waals surface area contributed by atoms with E-state index in [-0.39, 0.29) is 11.9 Å². The van der Waals surface area contributed by atoms with Crippen LogP contribution in [-0.2, 0) is 14.3 Å². The van der Waals surface area contributed by atoms with Gasteiger partial charge in [0.05, 0.1) is 12.7 Å². The van der Waals surface area contributed by atoms with E-state index in [2.05, 4.69) is 6.07 Å². The molecule has 0 aromatic rings. The molecule has 1 unspecified atom stereocenters. The molecule has 1 aliphatic rings. The summed E-state index contributed by atoms with van der Waals surface area (Å²) in [5.41, 5.74) is -1.01. The van der Waals surface area contributed by atoms with Gasteiger partial charge in [-0.15, -0.1) is 0 Å². The maximum absolute atomic E-state index is 12.7. The maximum Gasteiger partial charge on any atom is 0.328 e. The van der Waals surface area contributed by atoms with Crippen LogP contribution in [0.25, 0.3) is 0 Å². The number of rotatable bonds is 5. The largest absolute Gasteiger partial charge is 0.464 e. The number of nitriles is 1. The molecule has 1 amide bonds. The van der Waals surface area contributed by atoms with E-state index >= 15 is 0 Å². The zero-order valence-electron chi connectivity index (χ0n) is 12.6. The van der Waals surface area contributed by atoms with Gasteiger partial charge < -0.3 is 9.64 Å². The normalized spacial score (nSPS) is 19.3. The van der Waals surface area contributed by atoms with Crippen molar-refractivity contribution in [2.45, 2.75) is 58.9 Å². The summed E-state index contributed by atoms with van der Waals surface area (Å²) in [6.07, 6.45) is 3.33. The van der Waals surface area contributed by atoms with Crippen molar-refractivity contribution >= 4 is 11.9 Å². The maximum atomic E-state index is 12.7. The van der Waals surface area contributed by atoms with E-state index in [0.717, 1.165) is 12.8 Å². The molecule has 5 nitrogen and oxygen atoms in total. The van der Waals surface area contributed by atoms with E-state index < -0.39 is 11.5 Å². The molecular formula is C15H24N2O3. The molecule has 1 fully saturated rings. The fourth-order valence-corrected chi connectivity index (χ4v) is 2.69. The highest BCUT2D eigenvalue weighted by atomic mass is 16.5. The number of carbonyl (C=O) groups excluding carboxylic acids is 2. The van der Waals surface area contributed by atoms with Crippen molar-refractivity contribution in [1.82, 2.24) is 4.90 Å². The van der Waals surface area contributed by atoms with E-state index in [9.17, 15) is 14.9 Å². The highest BCUT2D eigenvalue weighted by Crippen LogP contribution is 2.31. The Morgan fingerprint density at radius 1 is 1.30 bits per heavy atom. The van der Waals surface area contributed by atoms with Crippen LogP contribution in [0.5, 0.6) is 0 Å². The van der Waals surface area contributed by atoms with Gasteiger partial charge in [0.2, 0.25) is 5.91 Å². The molecule has 5 heteroatoms. The van der Waals surface area contributed by atoms with Gasteiger partial charge >= 0.3 is 5.97 Å². The molecule has 1 aliphatic heterocycles. The van der Waals surface area contributed by atoms with Crippen LogP contribution < -0.4 is 0 Å². The van der Waals surface area contributed by atoms with Gasteiger partial charge in [0, 0.05) is 6.54 Å². The first-order valence-electron chi connectivity index (χ1n) is 7.45. The smallest absolute Gasteiger partial charge is 0.328 e. The third kappa shape index (κ3) is 3.12. The second-order valence-electron chi connectivity index (χ2n) is 5.16. The zero-order chi connectivity index (χ0) is 15.2. The molecule has 0 aliphatic carbocycles. The van der Waals surface area contributed by atoms with Crippen molar-refractivity contribution in [3.8, 4) is 6.07 Å². The van der Waals surface area contributed by atoms with Gasteiger partial charge in [-0.3, -0.25) is 4.79 Å². The van der Waals surface area contributed by atoms with Crippen LogP contribution in [0, 0.1) is 16.7 Å². The predicted octanol–water partition coefficient (Wildman–Crippen LogP) is 2.26. The fraction of sp³-hybridized carbons (Fsp3) is 0.800. The molecule has 0 aromatic heterocycles. The molecule has 0 N–H and O–H groups in total. The quantitative estimate of drug-likeness (QED) is 0.724. The van der Waals surface area contributed by atoms with E-state index in [4.69, 9.17) is 4.74 Å². The highest BCUT2D eigenvalue weighted by molar-refractivity contribution is 5.90. The van der Waals surface area contributed by atoms with Crippen molar-refractivity contribution in [1.29, 1.82) is 5.26 Å². The van der Waals surface area contributed by atoms with Gasteiger partial charge in [0.25, 0.3) is 0 Å².